The Balaban J connectivity index is 1.67. The number of benzene rings is 1. The van der Waals surface area contributed by atoms with E-state index in [1.165, 1.54) is 18.5 Å². The first-order valence-electron chi connectivity index (χ1n) is 10.1. The number of aromatic hydroxyl groups is 1. The van der Waals surface area contributed by atoms with Gasteiger partial charge in [0.15, 0.2) is 0 Å². The third kappa shape index (κ3) is 3.01. The van der Waals surface area contributed by atoms with Crippen molar-refractivity contribution in [1.82, 2.24) is 4.57 Å². The van der Waals surface area contributed by atoms with Crippen molar-refractivity contribution in [2.75, 3.05) is 51.0 Å². The summed E-state index contributed by atoms with van der Waals surface area (Å²) in [5.74, 6) is 0.333. The van der Waals surface area contributed by atoms with Crippen molar-refractivity contribution < 1.29 is 14.6 Å². The number of ether oxygens (including phenoxy) is 2. The van der Waals surface area contributed by atoms with Gasteiger partial charge in [-0.2, -0.15) is 0 Å². The molecule has 2 aromatic rings. The largest absolute Gasteiger partial charge is 0.494 e. The molecule has 2 saturated heterocycles. The molecule has 3 aliphatic rings. The van der Waals surface area contributed by atoms with Crippen molar-refractivity contribution >= 4 is 22.3 Å². The normalized spacial score (nSPS) is 21.8. The van der Waals surface area contributed by atoms with E-state index >= 15 is 0 Å². The Hall–Kier alpha value is -2.05. The standard InChI is InChI=1S/C21H27N3O3/c25-21-20(18-14-27-12-7-22-18)17-13-16(23-8-1-2-9-23)3-4-19(17)24(21)15-5-10-26-11-6-15/h3-4,13,15,25H,1-2,5-12,14H2. The summed E-state index contributed by atoms with van der Waals surface area (Å²) in [5.41, 5.74) is 4.05. The Morgan fingerprint density at radius 3 is 2.59 bits per heavy atom. The van der Waals surface area contributed by atoms with E-state index < -0.39 is 0 Å². The maximum Gasteiger partial charge on any atom is 0.201 e. The molecule has 0 bridgehead atoms. The smallest absolute Gasteiger partial charge is 0.201 e. The summed E-state index contributed by atoms with van der Waals surface area (Å²) >= 11 is 0. The van der Waals surface area contributed by atoms with Gasteiger partial charge < -0.3 is 24.0 Å². The molecule has 0 aliphatic carbocycles. The van der Waals surface area contributed by atoms with E-state index in [1.807, 2.05) is 0 Å². The van der Waals surface area contributed by atoms with Crippen molar-refractivity contribution in [3.8, 4) is 5.88 Å². The Kier molecular flexibility index (Phi) is 4.53. The van der Waals surface area contributed by atoms with E-state index in [-0.39, 0.29) is 6.04 Å². The van der Waals surface area contributed by atoms with Crippen LogP contribution in [0.4, 0.5) is 5.69 Å². The topological polar surface area (TPSA) is 59.2 Å². The number of rotatable bonds is 3. The van der Waals surface area contributed by atoms with Gasteiger partial charge in [-0.25, -0.2) is 0 Å². The van der Waals surface area contributed by atoms with Crippen LogP contribution in [0.5, 0.6) is 5.88 Å². The second kappa shape index (κ2) is 7.17. The van der Waals surface area contributed by atoms with Crippen molar-refractivity contribution in [2.45, 2.75) is 31.7 Å². The van der Waals surface area contributed by atoms with Gasteiger partial charge in [-0.1, -0.05) is 0 Å². The monoisotopic (exact) mass is 369 g/mol. The minimum atomic E-state index is 0.262. The SMILES string of the molecule is Oc1c(C2=NCCOC2)c2cc(N3CCCC3)ccc2n1C1CCOCC1. The summed E-state index contributed by atoms with van der Waals surface area (Å²) < 4.78 is 13.3. The average molecular weight is 369 g/mol. The fourth-order valence-corrected chi connectivity index (χ4v) is 4.67. The molecule has 1 aromatic heterocycles. The molecule has 27 heavy (non-hydrogen) atoms. The van der Waals surface area contributed by atoms with Gasteiger partial charge in [-0.15, -0.1) is 0 Å². The fourth-order valence-electron chi connectivity index (χ4n) is 4.67. The highest BCUT2D eigenvalue weighted by atomic mass is 16.5. The lowest BCUT2D eigenvalue weighted by molar-refractivity contribution is 0.0688. The number of hydrogen-bond donors (Lipinski definition) is 1. The third-order valence-corrected chi connectivity index (χ3v) is 6.05. The van der Waals surface area contributed by atoms with Gasteiger partial charge in [0.25, 0.3) is 0 Å². The first-order chi connectivity index (χ1) is 13.3. The molecule has 3 aliphatic heterocycles. The molecule has 0 radical (unpaired) electrons. The van der Waals surface area contributed by atoms with Gasteiger partial charge in [0, 0.05) is 43.4 Å². The van der Waals surface area contributed by atoms with Crippen LogP contribution in [-0.4, -0.2) is 61.4 Å². The summed E-state index contributed by atoms with van der Waals surface area (Å²) in [7, 11) is 0. The van der Waals surface area contributed by atoms with Crippen LogP contribution >= 0.6 is 0 Å². The van der Waals surface area contributed by atoms with E-state index in [1.54, 1.807) is 0 Å². The van der Waals surface area contributed by atoms with Crippen LogP contribution in [0.25, 0.3) is 10.9 Å². The lowest BCUT2D eigenvalue weighted by Gasteiger charge is -2.25. The molecule has 6 heteroatoms. The quantitative estimate of drug-likeness (QED) is 0.903. The molecule has 0 atom stereocenters. The number of hydrogen-bond acceptors (Lipinski definition) is 5. The lowest BCUT2D eigenvalue weighted by atomic mass is 10.1. The van der Waals surface area contributed by atoms with E-state index in [0.29, 0.717) is 25.6 Å². The van der Waals surface area contributed by atoms with Crippen molar-refractivity contribution in [2.24, 2.45) is 4.99 Å². The lowest BCUT2D eigenvalue weighted by Crippen LogP contribution is -2.20. The zero-order chi connectivity index (χ0) is 18.2. The molecular weight excluding hydrogens is 342 g/mol. The van der Waals surface area contributed by atoms with Crippen LogP contribution in [0.2, 0.25) is 0 Å². The molecule has 144 valence electrons. The van der Waals surface area contributed by atoms with Gasteiger partial charge in [0.1, 0.15) is 0 Å². The number of nitrogens with zero attached hydrogens (tertiary/aromatic N) is 3. The fraction of sp³-hybridized carbons (Fsp3) is 0.571. The Morgan fingerprint density at radius 2 is 1.85 bits per heavy atom. The van der Waals surface area contributed by atoms with Crippen LogP contribution in [0.3, 0.4) is 0 Å². The Labute approximate surface area is 159 Å². The second-order valence-corrected chi connectivity index (χ2v) is 7.69. The molecule has 0 unspecified atom stereocenters. The zero-order valence-electron chi connectivity index (χ0n) is 15.7. The molecule has 0 spiro atoms. The van der Waals surface area contributed by atoms with Gasteiger partial charge in [0.2, 0.25) is 5.88 Å². The highest BCUT2D eigenvalue weighted by Crippen LogP contribution is 2.40. The molecule has 2 fully saturated rings. The Morgan fingerprint density at radius 1 is 1.04 bits per heavy atom. The third-order valence-electron chi connectivity index (χ3n) is 6.05. The van der Waals surface area contributed by atoms with Crippen molar-refractivity contribution in [1.29, 1.82) is 0 Å². The van der Waals surface area contributed by atoms with E-state index in [2.05, 4.69) is 32.7 Å². The Bertz CT molecular complexity index is 861. The van der Waals surface area contributed by atoms with Crippen LogP contribution in [0.15, 0.2) is 23.2 Å². The average Bonchev–Trinajstić information content (AvgIpc) is 3.34. The molecule has 0 amide bonds. The molecule has 4 heterocycles. The van der Waals surface area contributed by atoms with Crippen LogP contribution in [-0.2, 0) is 9.47 Å². The zero-order valence-corrected chi connectivity index (χ0v) is 15.7. The van der Waals surface area contributed by atoms with E-state index in [9.17, 15) is 5.11 Å². The van der Waals surface area contributed by atoms with Gasteiger partial charge in [-0.05, 0) is 43.9 Å². The number of fused-ring (bicyclic) bond motifs is 1. The van der Waals surface area contributed by atoms with Gasteiger partial charge in [-0.3, -0.25) is 4.99 Å². The molecule has 1 aromatic carbocycles. The summed E-state index contributed by atoms with van der Waals surface area (Å²) in [5, 5.41) is 12.3. The number of aliphatic imine (C=N–C) groups is 1. The van der Waals surface area contributed by atoms with E-state index in [4.69, 9.17) is 9.47 Å². The van der Waals surface area contributed by atoms with Gasteiger partial charge >= 0.3 is 0 Å². The first-order valence-corrected chi connectivity index (χ1v) is 10.1. The maximum atomic E-state index is 11.2. The highest BCUT2D eigenvalue weighted by molar-refractivity contribution is 6.14. The number of aromatic nitrogens is 1. The summed E-state index contributed by atoms with van der Waals surface area (Å²) in [6.45, 7) is 5.49. The second-order valence-electron chi connectivity index (χ2n) is 7.69. The predicted molar refractivity (Wildman–Crippen MR) is 106 cm³/mol. The predicted octanol–water partition coefficient (Wildman–Crippen LogP) is 3.12. The summed E-state index contributed by atoms with van der Waals surface area (Å²) in [6, 6.07) is 6.87. The van der Waals surface area contributed by atoms with Crippen LogP contribution in [0.1, 0.15) is 37.3 Å². The molecule has 0 saturated carbocycles. The minimum absolute atomic E-state index is 0.262. The first kappa shape index (κ1) is 17.1. The summed E-state index contributed by atoms with van der Waals surface area (Å²) in [6.07, 6.45) is 4.35. The minimum Gasteiger partial charge on any atom is -0.494 e. The molecule has 1 N–H and O–H groups in total. The van der Waals surface area contributed by atoms with Crippen molar-refractivity contribution in [3.63, 3.8) is 0 Å². The van der Waals surface area contributed by atoms with Crippen LogP contribution < -0.4 is 4.90 Å². The summed E-state index contributed by atoms with van der Waals surface area (Å²) in [4.78, 5) is 7.11. The molecule has 5 rings (SSSR count). The highest BCUT2D eigenvalue weighted by Gasteiger charge is 2.28. The number of anilines is 1. The molecule has 6 nitrogen and oxygen atoms in total. The van der Waals surface area contributed by atoms with Crippen LogP contribution in [0, 0.1) is 0 Å². The van der Waals surface area contributed by atoms with Gasteiger partial charge in [0.05, 0.1) is 36.6 Å². The van der Waals surface area contributed by atoms with Crippen molar-refractivity contribution in [3.05, 3.63) is 23.8 Å². The molecular formula is C21H27N3O3. The maximum absolute atomic E-state index is 11.2. The van der Waals surface area contributed by atoms with E-state index in [0.717, 1.165) is 61.3 Å².